The minimum atomic E-state index is -1.43. The summed E-state index contributed by atoms with van der Waals surface area (Å²) in [5.41, 5.74) is 2.42. The maximum atomic E-state index is 13.1. The predicted molar refractivity (Wildman–Crippen MR) is 158 cm³/mol. The molecule has 4 rings (SSSR count). The van der Waals surface area contributed by atoms with Crippen molar-refractivity contribution in [2.24, 2.45) is 0 Å². The van der Waals surface area contributed by atoms with Crippen LogP contribution in [0.1, 0.15) is 40.9 Å². The minimum absolute atomic E-state index is 0.277. The highest BCUT2D eigenvalue weighted by Crippen LogP contribution is 2.25. The Bertz CT molecular complexity index is 1580. The molecular weight excluding hydrogens is 548 g/mol. The van der Waals surface area contributed by atoms with Crippen LogP contribution in [0.25, 0.3) is 0 Å². The molecule has 0 amide bonds. The molecule has 8 heteroatoms. The SMILES string of the molecule is C=C(CC(=O)OC(C(=O)Oc1ccc(C)cc1)c1ccccc1)C(=O)OC(C(=O)Oc1ccc(C)cc1)c1ccccc1. The van der Waals surface area contributed by atoms with Crippen LogP contribution in [-0.2, 0) is 28.7 Å². The highest BCUT2D eigenvalue weighted by molar-refractivity contribution is 5.95. The highest BCUT2D eigenvalue weighted by atomic mass is 16.6. The molecule has 0 bridgehead atoms. The normalized spacial score (nSPS) is 11.9. The second kappa shape index (κ2) is 14.4. The molecular formula is C35H30O8. The first kappa shape index (κ1) is 30.5. The molecule has 0 aromatic heterocycles. The second-order valence-corrected chi connectivity index (χ2v) is 9.73. The van der Waals surface area contributed by atoms with Crippen LogP contribution in [0.15, 0.2) is 121 Å². The van der Waals surface area contributed by atoms with Gasteiger partial charge in [0.05, 0.1) is 6.42 Å². The van der Waals surface area contributed by atoms with Crippen LogP contribution in [0.5, 0.6) is 11.5 Å². The van der Waals surface area contributed by atoms with Gasteiger partial charge in [0.2, 0.25) is 12.2 Å². The van der Waals surface area contributed by atoms with E-state index in [4.69, 9.17) is 18.9 Å². The largest absolute Gasteiger partial charge is 0.445 e. The average Bonchev–Trinajstić information content (AvgIpc) is 3.01. The van der Waals surface area contributed by atoms with E-state index in [0.29, 0.717) is 11.1 Å². The third-order valence-corrected chi connectivity index (χ3v) is 6.23. The van der Waals surface area contributed by atoms with E-state index < -0.39 is 42.5 Å². The Morgan fingerprint density at radius 3 is 1.40 bits per heavy atom. The number of esters is 4. The molecule has 0 aliphatic carbocycles. The number of carbonyl (C=O) groups is 4. The summed E-state index contributed by atoms with van der Waals surface area (Å²) in [6.45, 7) is 7.44. The Hall–Kier alpha value is -5.50. The molecule has 2 unspecified atom stereocenters. The summed E-state index contributed by atoms with van der Waals surface area (Å²) in [5, 5.41) is 0. The third kappa shape index (κ3) is 8.74. The van der Waals surface area contributed by atoms with E-state index in [1.165, 1.54) is 0 Å². The molecule has 4 aromatic carbocycles. The fourth-order valence-corrected chi connectivity index (χ4v) is 3.92. The van der Waals surface area contributed by atoms with E-state index in [1.807, 2.05) is 13.8 Å². The average molecular weight is 579 g/mol. The van der Waals surface area contributed by atoms with E-state index in [0.717, 1.165) is 11.1 Å². The fraction of sp³-hybridized carbons (Fsp3) is 0.143. The van der Waals surface area contributed by atoms with Crippen molar-refractivity contribution in [3.63, 3.8) is 0 Å². The molecule has 0 spiro atoms. The Kier molecular flexibility index (Phi) is 10.2. The lowest BCUT2D eigenvalue weighted by molar-refractivity contribution is -0.164. The third-order valence-electron chi connectivity index (χ3n) is 6.23. The number of hydrogen-bond acceptors (Lipinski definition) is 8. The molecule has 8 nitrogen and oxygen atoms in total. The van der Waals surface area contributed by atoms with Crippen LogP contribution >= 0.6 is 0 Å². The van der Waals surface area contributed by atoms with Gasteiger partial charge in [0.25, 0.3) is 0 Å². The van der Waals surface area contributed by atoms with E-state index in [-0.39, 0.29) is 17.1 Å². The summed E-state index contributed by atoms with van der Waals surface area (Å²) >= 11 is 0. The maximum Gasteiger partial charge on any atom is 0.357 e. The van der Waals surface area contributed by atoms with Crippen molar-refractivity contribution in [2.75, 3.05) is 0 Å². The Labute approximate surface area is 249 Å². The molecule has 218 valence electrons. The zero-order valence-electron chi connectivity index (χ0n) is 23.7. The number of hydrogen-bond donors (Lipinski definition) is 0. The van der Waals surface area contributed by atoms with Crippen LogP contribution in [0, 0.1) is 13.8 Å². The van der Waals surface area contributed by atoms with Crippen molar-refractivity contribution < 1.29 is 38.1 Å². The van der Waals surface area contributed by atoms with Crippen molar-refractivity contribution in [1.29, 1.82) is 0 Å². The number of aryl methyl sites for hydroxylation is 2. The second-order valence-electron chi connectivity index (χ2n) is 9.73. The van der Waals surface area contributed by atoms with Crippen LogP contribution in [0.4, 0.5) is 0 Å². The molecule has 43 heavy (non-hydrogen) atoms. The molecule has 2 atom stereocenters. The fourth-order valence-electron chi connectivity index (χ4n) is 3.92. The Morgan fingerprint density at radius 1 is 0.581 bits per heavy atom. The molecule has 4 aromatic rings. The molecule has 0 aliphatic rings. The first-order valence-corrected chi connectivity index (χ1v) is 13.4. The summed E-state index contributed by atoms with van der Waals surface area (Å²) in [5.74, 6) is -3.02. The molecule has 0 N–H and O–H groups in total. The van der Waals surface area contributed by atoms with Gasteiger partial charge in [0.15, 0.2) is 0 Å². The Morgan fingerprint density at radius 2 is 0.977 bits per heavy atom. The summed E-state index contributed by atoms with van der Waals surface area (Å²) in [6, 6.07) is 30.3. The summed E-state index contributed by atoms with van der Waals surface area (Å²) < 4.78 is 21.8. The van der Waals surface area contributed by atoms with Crippen molar-refractivity contribution in [3.8, 4) is 11.5 Å². The van der Waals surface area contributed by atoms with Crippen molar-refractivity contribution in [1.82, 2.24) is 0 Å². The van der Waals surface area contributed by atoms with Crippen LogP contribution < -0.4 is 9.47 Å². The zero-order valence-corrected chi connectivity index (χ0v) is 23.7. The monoisotopic (exact) mass is 578 g/mol. The van der Waals surface area contributed by atoms with Crippen molar-refractivity contribution in [3.05, 3.63) is 144 Å². The van der Waals surface area contributed by atoms with E-state index in [2.05, 4.69) is 6.58 Å². The summed E-state index contributed by atoms with van der Waals surface area (Å²) in [6.07, 6.45) is -3.43. The van der Waals surface area contributed by atoms with Crippen LogP contribution in [0.2, 0.25) is 0 Å². The minimum Gasteiger partial charge on any atom is -0.445 e. The van der Waals surface area contributed by atoms with Crippen LogP contribution in [-0.4, -0.2) is 23.9 Å². The quantitative estimate of drug-likeness (QED) is 0.116. The molecule has 0 heterocycles. The van der Waals surface area contributed by atoms with Gasteiger partial charge in [-0.2, -0.15) is 0 Å². The van der Waals surface area contributed by atoms with Gasteiger partial charge in [-0.25, -0.2) is 14.4 Å². The topological polar surface area (TPSA) is 105 Å². The zero-order chi connectivity index (χ0) is 30.8. The van der Waals surface area contributed by atoms with E-state index in [1.54, 1.807) is 109 Å². The smallest absolute Gasteiger partial charge is 0.357 e. The first-order valence-electron chi connectivity index (χ1n) is 13.4. The molecule has 0 saturated carbocycles. The number of benzene rings is 4. The molecule has 0 fully saturated rings. The first-order chi connectivity index (χ1) is 20.7. The van der Waals surface area contributed by atoms with Gasteiger partial charge in [-0.1, -0.05) is 103 Å². The van der Waals surface area contributed by atoms with Gasteiger partial charge in [0, 0.05) is 16.7 Å². The highest BCUT2D eigenvalue weighted by Gasteiger charge is 2.31. The van der Waals surface area contributed by atoms with Gasteiger partial charge in [-0.3, -0.25) is 4.79 Å². The lowest BCUT2D eigenvalue weighted by Crippen LogP contribution is -2.26. The summed E-state index contributed by atoms with van der Waals surface area (Å²) in [4.78, 5) is 52.0. The van der Waals surface area contributed by atoms with Crippen molar-refractivity contribution in [2.45, 2.75) is 32.5 Å². The van der Waals surface area contributed by atoms with Gasteiger partial charge in [0.1, 0.15) is 11.5 Å². The lowest BCUT2D eigenvalue weighted by Gasteiger charge is -2.19. The van der Waals surface area contributed by atoms with Gasteiger partial charge >= 0.3 is 23.9 Å². The number of carbonyl (C=O) groups excluding carboxylic acids is 4. The standard InChI is InChI=1S/C35H30O8/c1-23-14-18-28(19-15-23)40-34(38)31(26-10-6-4-7-11-26)42-30(36)22-25(3)33(37)43-32(27-12-8-5-9-13-27)35(39)41-29-20-16-24(2)17-21-29/h4-21,31-32H,3,22H2,1-2H3. The van der Waals surface area contributed by atoms with Gasteiger partial charge in [-0.15, -0.1) is 0 Å². The Balaban J connectivity index is 1.43. The molecule has 0 aliphatic heterocycles. The van der Waals surface area contributed by atoms with Gasteiger partial charge in [-0.05, 0) is 38.1 Å². The molecule has 0 radical (unpaired) electrons. The lowest BCUT2D eigenvalue weighted by atomic mass is 10.1. The number of ether oxygens (including phenoxy) is 4. The van der Waals surface area contributed by atoms with E-state index in [9.17, 15) is 19.2 Å². The summed E-state index contributed by atoms with van der Waals surface area (Å²) in [7, 11) is 0. The molecule has 0 saturated heterocycles. The van der Waals surface area contributed by atoms with Crippen molar-refractivity contribution >= 4 is 23.9 Å². The predicted octanol–water partition coefficient (Wildman–Crippen LogP) is 6.33. The van der Waals surface area contributed by atoms with E-state index >= 15 is 0 Å². The number of rotatable bonds is 11. The van der Waals surface area contributed by atoms with Crippen LogP contribution in [0.3, 0.4) is 0 Å². The maximum absolute atomic E-state index is 13.1. The van der Waals surface area contributed by atoms with Gasteiger partial charge < -0.3 is 18.9 Å².